The van der Waals surface area contributed by atoms with E-state index >= 15 is 0 Å². The highest BCUT2D eigenvalue weighted by molar-refractivity contribution is 5.92. The van der Waals surface area contributed by atoms with Gasteiger partial charge in [-0.05, 0) is 42.2 Å². The van der Waals surface area contributed by atoms with E-state index in [2.05, 4.69) is 31.3 Å². The Bertz CT molecular complexity index is 710. The molecule has 0 aliphatic rings. The van der Waals surface area contributed by atoms with Gasteiger partial charge in [-0.2, -0.15) is 0 Å². The van der Waals surface area contributed by atoms with Crippen LogP contribution in [-0.2, 0) is 4.79 Å². The van der Waals surface area contributed by atoms with Gasteiger partial charge in [0.15, 0.2) is 0 Å². The predicted molar refractivity (Wildman–Crippen MR) is 103 cm³/mol. The summed E-state index contributed by atoms with van der Waals surface area (Å²) in [6, 6.07) is 13.4. The molecule has 0 aliphatic carbocycles. The fourth-order valence-corrected chi connectivity index (χ4v) is 2.50. The highest BCUT2D eigenvalue weighted by Gasteiger charge is 2.09. The molecule has 0 aliphatic heterocycles. The highest BCUT2D eigenvalue weighted by atomic mass is 16.5. The summed E-state index contributed by atoms with van der Waals surface area (Å²) in [6.07, 6.45) is 0.995. The van der Waals surface area contributed by atoms with Crippen LogP contribution in [0.4, 0.5) is 5.69 Å². The monoisotopic (exact) mass is 357 g/mol. The van der Waals surface area contributed by atoms with Gasteiger partial charge in [0.25, 0.3) is 0 Å². The number of amides is 1. The Morgan fingerprint density at radius 1 is 1.00 bits per heavy atom. The van der Waals surface area contributed by atoms with Crippen LogP contribution in [0.15, 0.2) is 42.5 Å². The summed E-state index contributed by atoms with van der Waals surface area (Å²) >= 11 is 0. The molecule has 0 radical (unpaired) electrons. The molecule has 0 saturated carbocycles. The van der Waals surface area contributed by atoms with Crippen LogP contribution < -0.4 is 19.5 Å². The molecule has 0 heterocycles. The van der Waals surface area contributed by atoms with Crippen LogP contribution in [-0.4, -0.2) is 26.7 Å². The number of hydrogen-bond acceptors (Lipinski definition) is 4. The Kier molecular flexibility index (Phi) is 7.33. The lowest BCUT2D eigenvalue weighted by molar-refractivity contribution is -0.116. The number of carbonyl (C=O) groups is 1. The molecular weight excluding hydrogens is 330 g/mol. The van der Waals surface area contributed by atoms with Gasteiger partial charge in [0.1, 0.15) is 17.2 Å². The lowest BCUT2D eigenvalue weighted by Gasteiger charge is -2.12. The summed E-state index contributed by atoms with van der Waals surface area (Å²) in [5, 5.41) is 2.86. The zero-order valence-corrected chi connectivity index (χ0v) is 15.9. The van der Waals surface area contributed by atoms with Gasteiger partial charge in [0.05, 0.1) is 26.5 Å². The molecule has 0 spiro atoms. The Labute approximate surface area is 155 Å². The van der Waals surface area contributed by atoms with Crippen LogP contribution >= 0.6 is 0 Å². The van der Waals surface area contributed by atoms with Gasteiger partial charge < -0.3 is 19.5 Å². The maximum absolute atomic E-state index is 12.1. The molecule has 1 N–H and O–H groups in total. The molecule has 2 aromatic rings. The SMILES string of the molecule is COc1ccc(OC)c(NC(=O)CCCOc2ccc(C(C)C)cc2)c1. The van der Waals surface area contributed by atoms with Crippen LogP contribution in [0.1, 0.15) is 38.2 Å². The number of hydrogen-bond donors (Lipinski definition) is 1. The van der Waals surface area contributed by atoms with Crippen LogP contribution in [0.5, 0.6) is 17.2 Å². The fourth-order valence-electron chi connectivity index (χ4n) is 2.50. The number of benzene rings is 2. The van der Waals surface area contributed by atoms with Gasteiger partial charge in [-0.3, -0.25) is 4.79 Å². The number of anilines is 1. The van der Waals surface area contributed by atoms with Crippen molar-refractivity contribution in [2.45, 2.75) is 32.6 Å². The van der Waals surface area contributed by atoms with Gasteiger partial charge in [-0.25, -0.2) is 0 Å². The van der Waals surface area contributed by atoms with Gasteiger partial charge in [-0.15, -0.1) is 0 Å². The summed E-state index contributed by atoms with van der Waals surface area (Å²) in [4.78, 5) is 12.1. The first-order chi connectivity index (χ1) is 12.5. The van der Waals surface area contributed by atoms with Crippen molar-refractivity contribution in [1.82, 2.24) is 0 Å². The predicted octanol–water partition coefficient (Wildman–Crippen LogP) is 4.62. The van der Waals surface area contributed by atoms with Gasteiger partial charge in [0.2, 0.25) is 5.91 Å². The largest absolute Gasteiger partial charge is 0.497 e. The number of carbonyl (C=O) groups excluding carboxylic acids is 1. The second kappa shape index (κ2) is 9.70. The zero-order chi connectivity index (χ0) is 18.9. The zero-order valence-electron chi connectivity index (χ0n) is 15.9. The van der Waals surface area contributed by atoms with E-state index in [0.29, 0.717) is 42.6 Å². The van der Waals surface area contributed by atoms with Gasteiger partial charge in [-0.1, -0.05) is 26.0 Å². The van der Waals surface area contributed by atoms with Crippen molar-refractivity contribution >= 4 is 11.6 Å². The van der Waals surface area contributed by atoms with E-state index in [0.717, 1.165) is 5.75 Å². The summed E-state index contributed by atoms with van der Waals surface area (Å²) in [5.41, 5.74) is 1.88. The first kappa shape index (κ1) is 19.6. The minimum atomic E-state index is -0.0877. The van der Waals surface area contributed by atoms with E-state index in [9.17, 15) is 4.79 Å². The molecular formula is C21H27NO4. The Hall–Kier alpha value is -2.69. The van der Waals surface area contributed by atoms with Crippen LogP contribution in [0.3, 0.4) is 0 Å². The molecule has 0 unspecified atom stereocenters. The molecule has 0 fully saturated rings. The van der Waals surface area contributed by atoms with Gasteiger partial charge >= 0.3 is 0 Å². The average Bonchev–Trinajstić information content (AvgIpc) is 2.65. The van der Waals surface area contributed by atoms with Crippen molar-refractivity contribution in [2.24, 2.45) is 0 Å². The number of nitrogens with one attached hydrogen (secondary N) is 1. The molecule has 140 valence electrons. The smallest absolute Gasteiger partial charge is 0.224 e. The van der Waals surface area contributed by atoms with Crippen molar-refractivity contribution in [3.05, 3.63) is 48.0 Å². The standard InChI is InChI=1S/C21H27NO4/c1-15(2)16-7-9-17(10-8-16)26-13-5-6-21(23)22-19-14-18(24-3)11-12-20(19)25-4/h7-12,14-15H,5-6,13H2,1-4H3,(H,22,23). The lowest BCUT2D eigenvalue weighted by atomic mass is 10.0. The minimum absolute atomic E-state index is 0.0877. The van der Waals surface area contributed by atoms with Crippen molar-refractivity contribution in [3.63, 3.8) is 0 Å². The average molecular weight is 357 g/mol. The molecule has 5 heteroatoms. The lowest BCUT2D eigenvalue weighted by Crippen LogP contribution is -2.13. The number of ether oxygens (including phenoxy) is 3. The normalized spacial score (nSPS) is 10.5. The van der Waals surface area contributed by atoms with Crippen LogP contribution in [0, 0.1) is 0 Å². The van der Waals surface area contributed by atoms with Crippen LogP contribution in [0.25, 0.3) is 0 Å². The number of methoxy groups -OCH3 is 2. The van der Waals surface area contributed by atoms with Crippen molar-refractivity contribution in [3.8, 4) is 17.2 Å². The molecule has 0 bridgehead atoms. The second-order valence-corrected chi connectivity index (χ2v) is 6.29. The topological polar surface area (TPSA) is 56.8 Å². The summed E-state index contributed by atoms with van der Waals surface area (Å²) in [7, 11) is 3.15. The van der Waals surface area contributed by atoms with E-state index in [1.807, 2.05) is 12.1 Å². The van der Waals surface area contributed by atoms with E-state index in [4.69, 9.17) is 14.2 Å². The van der Waals surface area contributed by atoms with Crippen LogP contribution in [0.2, 0.25) is 0 Å². The molecule has 5 nitrogen and oxygen atoms in total. The second-order valence-electron chi connectivity index (χ2n) is 6.29. The molecule has 2 aromatic carbocycles. The molecule has 26 heavy (non-hydrogen) atoms. The number of rotatable bonds is 9. The Morgan fingerprint density at radius 3 is 2.31 bits per heavy atom. The fraction of sp³-hybridized carbons (Fsp3) is 0.381. The molecule has 1 amide bonds. The van der Waals surface area contributed by atoms with Gasteiger partial charge in [0, 0.05) is 12.5 Å². The maximum Gasteiger partial charge on any atom is 0.224 e. The third-order valence-corrected chi connectivity index (χ3v) is 4.04. The summed E-state index contributed by atoms with van der Waals surface area (Å²) < 4.78 is 16.1. The summed E-state index contributed by atoms with van der Waals surface area (Å²) in [5.74, 6) is 2.50. The third kappa shape index (κ3) is 5.69. The van der Waals surface area contributed by atoms with Crippen molar-refractivity contribution in [2.75, 3.05) is 26.1 Å². The molecule has 2 rings (SSSR count). The quantitative estimate of drug-likeness (QED) is 0.665. The first-order valence-electron chi connectivity index (χ1n) is 8.78. The minimum Gasteiger partial charge on any atom is -0.497 e. The molecule has 0 aromatic heterocycles. The Balaban J connectivity index is 1.78. The van der Waals surface area contributed by atoms with Crippen molar-refractivity contribution < 1.29 is 19.0 Å². The maximum atomic E-state index is 12.1. The Morgan fingerprint density at radius 2 is 1.69 bits per heavy atom. The summed E-state index contributed by atoms with van der Waals surface area (Å²) in [6.45, 7) is 4.81. The van der Waals surface area contributed by atoms with E-state index in [1.54, 1.807) is 32.4 Å². The van der Waals surface area contributed by atoms with E-state index < -0.39 is 0 Å². The van der Waals surface area contributed by atoms with Crippen molar-refractivity contribution in [1.29, 1.82) is 0 Å². The molecule has 0 atom stereocenters. The van der Waals surface area contributed by atoms with E-state index in [1.165, 1.54) is 5.56 Å². The van der Waals surface area contributed by atoms with E-state index in [-0.39, 0.29) is 5.91 Å². The first-order valence-corrected chi connectivity index (χ1v) is 8.78. The third-order valence-electron chi connectivity index (χ3n) is 4.04. The highest BCUT2D eigenvalue weighted by Crippen LogP contribution is 2.29. The molecule has 0 saturated heterocycles.